The maximum Gasteiger partial charge on any atom is 0.429 e. The molecule has 1 heterocycles. The van der Waals surface area contributed by atoms with E-state index in [-0.39, 0.29) is 6.04 Å². The molecule has 0 aliphatic carbocycles. The van der Waals surface area contributed by atoms with Gasteiger partial charge in [-0.3, -0.25) is 4.55 Å². The summed E-state index contributed by atoms with van der Waals surface area (Å²) in [6.45, 7) is 1.86. The van der Waals surface area contributed by atoms with Gasteiger partial charge in [-0.25, -0.2) is 9.00 Å². The minimum absolute atomic E-state index is 0.123. The van der Waals surface area contributed by atoms with Gasteiger partial charge in [0.1, 0.15) is 0 Å². The van der Waals surface area contributed by atoms with E-state index in [4.69, 9.17) is 4.55 Å². The van der Waals surface area contributed by atoms with Gasteiger partial charge in [0.2, 0.25) is 0 Å². The fourth-order valence-corrected chi connectivity index (χ4v) is 1.82. The third-order valence-electron chi connectivity index (χ3n) is 2.72. The van der Waals surface area contributed by atoms with Gasteiger partial charge in [-0.15, -0.1) is 0 Å². The van der Waals surface area contributed by atoms with E-state index in [0.717, 1.165) is 25.9 Å². The Balaban J connectivity index is 2.35. The number of nitrogens with one attached hydrogen (secondary N) is 1. The van der Waals surface area contributed by atoms with Gasteiger partial charge >= 0.3 is 6.09 Å². The largest absolute Gasteiger partial charge is 0.429 e. The molecule has 2 N–H and O–H groups in total. The normalized spacial score (nSPS) is 20.4. The van der Waals surface area contributed by atoms with Gasteiger partial charge in [0, 0.05) is 13.1 Å². The average Bonchev–Trinajstić information content (AvgIpc) is 2.26. The monoisotopic (exact) mass is 251 g/mol. The number of likely N-dealkylation sites (tertiary alicyclic amines) is 1. The lowest BCUT2D eigenvalue weighted by Crippen LogP contribution is -2.45. The predicted octanol–water partition coefficient (Wildman–Crippen LogP) is -0.210. The Kier molecular flexibility index (Phi) is 5.13. The maximum absolute atomic E-state index is 11.4. The van der Waals surface area contributed by atoms with E-state index < -0.39 is 17.4 Å². The van der Waals surface area contributed by atoms with E-state index in [1.54, 1.807) is 11.9 Å². The van der Waals surface area contributed by atoms with Gasteiger partial charge in [-0.1, -0.05) is 0 Å². The third kappa shape index (κ3) is 4.05. The second kappa shape index (κ2) is 6.14. The SMILES string of the molecule is CN1CCC(N(C)C(=O)ONS(=O)O)CC1. The first kappa shape index (κ1) is 13.4. The Bertz CT molecular complexity index is 268. The third-order valence-corrected chi connectivity index (χ3v) is 2.95. The summed E-state index contributed by atoms with van der Waals surface area (Å²) >= 11 is -2.34. The number of piperidine rings is 1. The zero-order valence-corrected chi connectivity index (χ0v) is 10.2. The van der Waals surface area contributed by atoms with Crippen LogP contribution < -0.4 is 4.89 Å². The molecule has 1 aliphatic rings. The van der Waals surface area contributed by atoms with Gasteiger partial charge in [0.05, 0.1) is 0 Å². The Morgan fingerprint density at radius 2 is 2.12 bits per heavy atom. The Morgan fingerprint density at radius 3 is 2.62 bits per heavy atom. The summed E-state index contributed by atoms with van der Waals surface area (Å²) in [5.41, 5.74) is 0. The van der Waals surface area contributed by atoms with E-state index in [2.05, 4.69) is 9.74 Å². The zero-order chi connectivity index (χ0) is 12.1. The second-order valence-electron chi connectivity index (χ2n) is 3.85. The van der Waals surface area contributed by atoms with E-state index in [1.165, 1.54) is 4.90 Å². The van der Waals surface area contributed by atoms with E-state index in [1.807, 2.05) is 7.05 Å². The van der Waals surface area contributed by atoms with Crippen LogP contribution >= 0.6 is 0 Å². The fourth-order valence-electron chi connectivity index (χ4n) is 1.67. The smallest absolute Gasteiger partial charge is 0.338 e. The molecule has 0 aromatic heterocycles. The molecule has 0 radical (unpaired) electrons. The van der Waals surface area contributed by atoms with Crippen LogP contribution in [0.4, 0.5) is 4.79 Å². The lowest BCUT2D eigenvalue weighted by molar-refractivity contribution is 0.0654. The number of carbonyl (C=O) groups is 1. The van der Waals surface area contributed by atoms with Crippen LogP contribution in [0.1, 0.15) is 12.8 Å². The average molecular weight is 251 g/mol. The van der Waals surface area contributed by atoms with Crippen molar-refractivity contribution >= 4 is 17.4 Å². The minimum Gasteiger partial charge on any atom is -0.338 e. The molecular weight excluding hydrogens is 234 g/mol. The van der Waals surface area contributed by atoms with Gasteiger partial charge in [0.25, 0.3) is 11.3 Å². The standard InChI is InChI=1S/C8H17N3O4S/c1-10-5-3-7(4-6-10)11(2)8(12)15-9-16(13)14/h7,9H,3-6H2,1-2H3,(H,13,14). The first-order chi connectivity index (χ1) is 7.50. The second-order valence-corrected chi connectivity index (χ2v) is 4.51. The van der Waals surface area contributed by atoms with Crippen LogP contribution in [-0.2, 0) is 16.1 Å². The van der Waals surface area contributed by atoms with E-state index >= 15 is 0 Å². The molecule has 0 spiro atoms. The molecule has 0 bridgehead atoms. The number of amides is 1. The molecule has 0 saturated carbocycles. The van der Waals surface area contributed by atoms with Crippen LogP contribution in [-0.4, -0.2) is 57.9 Å². The van der Waals surface area contributed by atoms with E-state index in [9.17, 15) is 9.00 Å². The van der Waals surface area contributed by atoms with Crippen LogP contribution in [0, 0.1) is 0 Å². The Labute approximate surface area is 97.1 Å². The summed E-state index contributed by atoms with van der Waals surface area (Å²) < 4.78 is 18.6. The summed E-state index contributed by atoms with van der Waals surface area (Å²) in [4.78, 5) is 21.2. The van der Waals surface area contributed by atoms with Crippen LogP contribution in [0.2, 0.25) is 0 Å². The molecule has 1 fully saturated rings. The lowest BCUT2D eigenvalue weighted by Gasteiger charge is -2.34. The summed E-state index contributed by atoms with van der Waals surface area (Å²) in [5, 5.41) is 0. The number of carbonyl (C=O) groups excluding carboxylic acids is 1. The van der Waals surface area contributed by atoms with Crippen molar-refractivity contribution in [1.29, 1.82) is 0 Å². The van der Waals surface area contributed by atoms with Crippen LogP contribution in [0.5, 0.6) is 0 Å². The van der Waals surface area contributed by atoms with Crippen molar-refractivity contribution in [3.05, 3.63) is 0 Å². The van der Waals surface area contributed by atoms with Crippen molar-refractivity contribution in [2.75, 3.05) is 27.2 Å². The topological polar surface area (TPSA) is 82.1 Å². The molecule has 1 aliphatic heterocycles. The molecule has 1 saturated heterocycles. The summed E-state index contributed by atoms with van der Waals surface area (Å²) in [6.07, 6.45) is 1.12. The molecule has 7 nitrogen and oxygen atoms in total. The quantitative estimate of drug-likeness (QED) is 0.536. The summed E-state index contributed by atoms with van der Waals surface area (Å²) in [6, 6.07) is 0.123. The van der Waals surface area contributed by atoms with Crippen LogP contribution in [0.3, 0.4) is 0 Å². The van der Waals surface area contributed by atoms with Gasteiger partial charge in [0.15, 0.2) is 0 Å². The van der Waals surface area contributed by atoms with Gasteiger partial charge in [-0.05, 0) is 37.9 Å². The van der Waals surface area contributed by atoms with Crippen LogP contribution in [0.25, 0.3) is 0 Å². The molecule has 8 heteroatoms. The molecule has 16 heavy (non-hydrogen) atoms. The Morgan fingerprint density at radius 1 is 1.56 bits per heavy atom. The lowest BCUT2D eigenvalue weighted by atomic mass is 10.0. The molecule has 0 aromatic rings. The number of hydrogen-bond donors (Lipinski definition) is 2. The molecule has 0 aromatic carbocycles. The first-order valence-electron chi connectivity index (χ1n) is 4.99. The van der Waals surface area contributed by atoms with Crippen molar-refractivity contribution in [1.82, 2.24) is 14.7 Å². The van der Waals surface area contributed by atoms with Crippen molar-refractivity contribution in [3.63, 3.8) is 0 Å². The summed E-state index contributed by atoms with van der Waals surface area (Å²) in [5.74, 6) is 0. The zero-order valence-electron chi connectivity index (χ0n) is 9.38. The highest BCUT2D eigenvalue weighted by atomic mass is 32.2. The highest BCUT2D eigenvalue weighted by Gasteiger charge is 2.25. The molecule has 94 valence electrons. The Hall–Kier alpha value is -0.700. The van der Waals surface area contributed by atoms with Crippen molar-refractivity contribution in [2.45, 2.75) is 18.9 Å². The maximum atomic E-state index is 11.4. The van der Waals surface area contributed by atoms with Crippen molar-refractivity contribution < 1.29 is 18.4 Å². The molecule has 1 amide bonds. The summed E-state index contributed by atoms with van der Waals surface area (Å²) in [7, 11) is 3.66. The predicted molar refractivity (Wildman–Crippen MR) is 58.7 cm³/mol. The minimum atomic E-state index is -2.34. The fraction of sp³-hybridized carbons (Fsp3) is 0.875. The molecule has 1 atom stereocenters. The first-order valence-corrected chi connectivity index (χ1v) is 6.10. The molecular formula is C8H17N3O4S. The molecule has 1 unspecified atom stereocenters. The number of hydrogen-bond acceptors (Lipinski definition) is 4. The molecule has 1 rings (SSSR count). The van der Waals surface area contributed by atoms with Crippen LogP contribution in [0.15, 0.2) is 0 Å². The highest BCUT2D eigenvalue weighted by molar-refractivity contribution is 7.76. The van der Waals surface area contributed by atoms with Gasteiger partial charge in [-0.2, -0.15) is 0 Å². The highest BCUT2D eigenvalue weighted by Crippen LogP contribution is 2.14. The van der Waals surface area contributed by atoms with Crippen molar-refractivity contribution in [2.24, 2.45) is 0 Å². The van der Waals surface area contributed by atoms with Gasteiger partial charge < -0.3 is 14.6 Å². The van der Waals surface area contributed by atoms with E-state index in [0.29, 0.717) is 0 Å². The number of rotatable bonds is 3. The van der Waals surface area contributed by atoms with Crippen molar-refractivity contribution in [3.8, 4) is 0 Å². The number of nitrogens with zero attached hydrogens (tertiary/aromatic N) is 2.